The van der Waals surface area contributed by atoms with Crippen LogP contribution in [-0.4, -0.2) is 57.3 Å². The van der Waals surface area contributed by atoms with Crippen molar-refractivity contribution in [1.82, 2.24) is 0 Å². The second-order valence-electron chi connectivity index (χ2n) is 2.68. The summed E-state index contributed by atoms with van der Waals surface area (Å²) in [4.78, 5) is 20.5. The molecule has 0 fully saturated rings. The van der Waals surface area contributed by atoms with Gasteiger partial charge in [0.1, 0.15) is 18.2 Å². The van der Waals surface area contributed by atoms with Crippen molar-refractivity contribution in [3.05, 3.63) is 4.91 Å². The molecule has 4 atom stereocenters. The van der Waals surface area contributed by atoms with Gasteiger partial charge in [0.25, 0.3) is 0 Å². The first-order valence-electron chi connectivity index (χ1n) is 3.72. The number of hydrogen-bond acceptors (Lipinski definition) is 7. The first-order chi connectivity index (χ1) is 6.45. The number of hydrogen-bond donors (Lipinski definition) is 5. The summed E-state index contributed by atoms with van der Waals surface area (Å²) in [5, 5.41) is 37.7. The molecule has 4 unspecified atom stereocenters. The lowest BCUT2D eigenvalue weighted by molar-refractivity contribution is -0.134. The molecule has 0 radical (unpaired) electrons. The summed E-state index contributed by atoms with van der Waals surface area (Å²) in [5.74, 6) is -1.25. The van der Waals surface area contributed by atoms with E-state index in [-0.39, 0.29) is 0 Å². The second kappa shape index (κ2) is 5.60. The fourth-order valence-electron chi connectivity index (χ4n) is 0.823. The number of nitrogens with zero attached hydrogens (tertiary/aromatic N) is 1. The number of amides is 1. The average molecular weight is 208 g/mol. The zero-order valence-electron chi connectivity index (χ0n) is 7.15. The lowest BCUT2D eigenvalue weighted by atomic mass is 10.0. The molecule has 0 aliphatic heterocycles. The topological polar surface area (TPSA) is 153 Å². The predicted octanol–water partition coefficient (Wildman–Crippen LogP) is -3.32. The minimum Gasteiger partial charge on any atom is -0.394 e. The Balaban J connectivity index is 4.52. The van der Waals surface area contributed by atoms with Gasteiger partial charge in [0.15, 0.2) is 6.10 Å². The van der Waals surface area contributed by atoms with Gasteiger partial charge in [-0.15, -0.1) is 0 Å². The minimum atomic E-state index is -2.01. The summed E-state index contributed by atoms with van der Waals surface area (Å²) in [6.07, 6.45) is -5.61. The van der Waals surface area contributed by atoms with Crippen molar-refractivity contribution in [3.63, 3.8) is 0 Å². The largest absolute Gasteiger partial charge is 0.394 e. The minimum absolute atomic E-state index is 0.834. The lowest BCUT2D eigenvalue weighted by Gasteiger charge is -2.22. The Kier molecular flexibility index (Phi) is 5.16. The molecule has 1 amide bonds. The summed E-state index contributed by atoms with van der Waals surface area (Å²) in [6.45, 7) is -0.834. The van der Waals surface area contributed by atoms with Gasteiger partial charge >= 0.3 is 0 Å². The summed E-state index contributed by atoms with van der Waals surface area (Å²) in [7, 11) is 0. The Morgan fingerprint density at radius 2 is 1.86 bits per heavy atom. The third-order valence-corrected chi connectivity index (χ3v) is 1.67. The number of aliphatic hydroxyl groups excluding tert-OH is 4. The molecule has 0 bridgehead atoms. The molecule has 0 saturated heterocycles. The summed E-state index contributed by atoms with van der Waals surface area (Å²) in [6, 6.07) is -1.71. The molecule has 0 rings (SSSR count). The molecule has 0 aromatic rings. The van der Waals surface area contributed by atoms with Crippen molar-refractivity contribution >= 4 is 5.91 Å². The van der Waals surface area contributed by atoms with Crippen LogP contribution in [0.15, 0.2) is 5.18 Å². The molecule has 8 heteroatoms. The smallest absolute Gasteiger partial charge is 0.249 e. The van der Waals surface area contributed by atoms with Gasteiger partial charge in [0, 0.05) is 0 Å². The van der Waals surface area contributed by atoms with E-state index in [0.717, 1.165) is 0 Å². The van der Waals surface area contributed by atoms with Crippen LogP contribution in [-0.2, 0) is 4.79 Å². The van der Waals surface area contributed by atoms with E-state index in [0.29, 0.717) is 0 Å². The monoisotopic (exact) mass is 208 g/mol. The van der Waals surface area contributed by atoms with Crippen LogP contribution in [0.1, 0.15) is 0 Å². The maximum Gasteiger partial charge on any atom is 0.249 e. The van der Waals surface area contributed by atoms with Crippen LogP contribution in [0, 0.1) is 4.91 Å². The first kappa shape index (κ1) is 12.9. The van der Waals surface area contributed by atoms with E-state index in [1.54, 1.807) is 0 Å². The summed E-state index contributed by atoms with van der Waals surface area (Å²) >= 11 is 0. The van der Waals surface area contributed by atoms with Gasteiger partial charge in [-0.3, -0.25) is 4.79 Å². The molecule has 0 spiro atoms. The van der Waals surface area contributed by atoms with Crippen molar-refractivity contribution in [1.29, 1.82) is 0 Å². The fraction of sp³-hybridized carbons (Fsp3) is 0.833. The van der Waals surface area contributed by atoms with E-state index >= 15 is 0 Å². The standard InChI is InChI=1S/C6H12N2O6/c7-6(13)5(12)4(11)3(8-14)2(10)1-9/h2-5,9-12H,1H2,(H2,7,13). The second-order valence-corrected chi connectivity index (χ2v) is 2.68. The van der Waals surface area contributed by atoms with E-state index in [4.69, 9.17) is 20.4 Å². The van der Waals surface area contributed by atoms with Gasteiger partial charge in [-0.1, -0.05) is 5.18 Å². The Labute approximate surface area is 78.9 Å². The number of rotatable bonds is 6. The third kappa shape index (κ3) is 3.00. The molecule has 0 heterocycles. The number of carbonyl (C=O) groups excluding carboxylic acids is 1. The molecule has 0 aliphatic rings. The van der Waals surface area contributed by atoms with Gasteiger partial charge in [0.2, 0.25) is 5.91 Å². The van der Waals surface area contributed by atoms with E-state index in [1.165, 1.54) is 0 Å². The summed E-state index contributed by atoms with van der Waals surface area (Å²) in [5.41, 5.74) is 4.63. The molecule has 0 aromatic carbocycles. The average Bonchev–Trinajstić information content (AvgIpc) is 2.16. The Morgan fingerprint density at radius 1 is 1.36 bits per heavy atom. The van der Waals surface area contributed by atoms with Crippen LogP contribution in [0.25, 0.3) is 0 Å². The molecule has 0 aliphatic carbocycles. The highest BCUT2D eigenvalue weighted by Crippen LogP contribution is 2.08. The molecular weight excluding hydrogens is 196 g/mol. The number of carbonyl (C=O) groups is 1. The van der Waals surface area contributed by atoms with Crippen LogP contribution in [0.4, 0.5) is 0 Å². The highest BCUT2D eigenvalue weighted by molar-refractivity contribution is 5.79. The first-order valence-corrected chi connectivity index (χ1v) is 3.72. The van der Waals surface area contributed by atoms with Crippen LogP contribution in [0.2, 0.25) is 0 Å². The maximum atomic E-state index is 10.4. The van der Waals surface area contributed by atoms with Crippen LogP contribution in [0.3, 0.4) is 0 Å². The molecular formula is C6H12N2O6. The van der Waals surface area contributed by atoms with Crippen molar-refractivity contribution in [2.75, 3.05) is 6.61 Å². The van der Waals surface area contributed by atoms with Crippen molar-refractivity contribution in [2.24, 2.45) is 10.9 Å². The quantitative estimate of drug-likeness (QED) is 0.288. The van der Waals surface area contributed by atoms with Crippen molar-refractivity contribution < 1.29 is 25.2 Å². The van der Waals surface area contributed by atoms with Crippen molar-refractivity contribution in [3.8, 4) is 0 Å². The summed E-state index contributed by atoms with van der Waals surface area (Å²) < 4.78 is 0. The van der Waals surface area contributed by atoms with E-state index in [9.17, 15) is 9.70 Å². The number of aliphatic hydroxyl groups is 4. The SMILES string of the molecule is NC(=O)C(O)C(O)C(N=O)C(O)CO. The molecule has 6 N–H and O–H groups in total. The van der Waals surface area contributed by atoms with Gasteiger partial charge in [0.05, 0.1) is 6.61 Å². The molecule has 0 saturated carbocycles. The van der Waals surface area contributed by atoms with Gasteiger partial charge in [-0.25, -0.2) is 0 Å². The van der Waals surface area contributed by atoms with Crippen molar-refractivity contribution in [2.45, 2.75) is 24.4 Å². The van der Waals surface area contributed by atoms with Gasteiger partial charge in [-0.2, -0.15) is 4.91 Å². The Hall–Kier alpha value is -1.09. The highest BCUT2D eigenvalue weighted by Gasteiger charge is 2.35. The van der Waals surface area contributed by atoms with Crippen LogP contribution in [0.5, 0.6) is 0 Å². The van der Waals surface area contributed by atoms with E-state index < -0.39 is 36.9 Å². The molecule has 8 nitrogen and oxygen atoms in total. The van der Waals surface area contributed by atoms with E-state index in [1.807, 2.05) is 0 Å². The highest BCUT2D eigenvalue weighted by atomic mass is 16.4. The normalized spacial score (nSPS) is 19.4. The van der Waals surface area contributed by atoms with E-state index in [2.05, 4.69) is 10.9 Å². The lowest BCUT2D eigenvalue weighted by Crippen LogP contribution is -2.49. The number of nitrogens with two attached hydrogens (primary N) is 1. The predicted molar refractivity (Wildman–Crippen MR) is 43.9 cm³/mol. The molecule has 0 aromatic heterocycles. The molecule has 82 valence electrons. The van der Waals surface area contributed by atoms with Gasteiger partial charge < -0.3 is 26.2 Å². The number of primary amides is 1. The zero-order chi connectivity index (χ0) is 11.3. The Morgan fingerprint density at radius 3 is 2.14 bits per heavy atom. The zero-order valence-corrected chi connectivity index (χ0v) is 7.15. The third-order valence-electron chi connectivity index (χ3n) is 1.67. The van der Waals surface area contributed by atoms with Crippen LogP contribution >= 0.6 is 0 Å². The fourth-order valence-corrected chi connectivity index (χ4v) is 0.823. The maximum absolute atomic E-state index is 10.4. The number of nitroso groups, excluding NO2 is 1. The van der Waals surface area contributed by atoms with Gasteiger partial charge in [-0.05, 0) is 0 Å². The Bertz CT molecular complexity index is 210. The van der Waals surface area contributed by atoms with Crippen LogP contribution < -0.4 is 5.73 Å². The molecule has 14 heavy (non-hydrogen) atoms.